The first-order valence-electron chi connectivity index (χ1n) is 6.37. The van der Waals surface area contributed by atoms with Crippen LogP contribution in [0.4, 0.5) is 5.69 Å². The summed E-state index contributed by atoms with van der Waals surface area (Å²) in [5.41, 5.74) is -1.46. The number of Topliss-reactive ketones (excluding diaryl/α,β-unsaturated/α-hetero) is 1. The van der Waals surface area contributed by atoms with Gasteiger partial charge in [0.15, 0.2) is 5.78 Å². The molecule has 1 rings (SSSR count). The van der Waals surface area contributed by atoms with E-state index in [0.29, 0.717) is 0 Å². The summed E-state index contributed by atoms with van der Waals surface area (Å²) in [5, 5.41) is 13.2. The van der Waals surface area contributed by atoms with Gasteiger partial charge < -0.3 is 9.88 Å². The molecule has 0 aromatic carbocycles. The van der Waals surface area contributed by atoms with E-state index in [2.05, 4.69) is 5.32 Å². The number of carbonyl (C=O) groups excluding carboxylic acids is 2. The van der Waals surface area contributed by atoms with E-state index in [-0.39, 0.29) is 18.2 Å². The maximum Gasteiger partial charge on any atom is 0.334 e. The molecule has 1 atom stereocenters. The zero-order chi connectivity index (χ0) is 16.2. The Balaban J connectivity index is 2.90. The maximum absolute atomic E-state index is 11.9. The lowest BCUT2D eigenvalue weighted by atomic mass is 10.0. The number of nitro groups is 1. The van der Waals surface area contributed by atoms with Crippen LogP contribution in [0.5, 0.6) is 0 Å². The maximum atomic E-state index is 11.9. The molecule has 0 fully saturated rings. The molecule has 0 bridgehead atoms. The Morgan fingerprint density at radius 1 is 1.43 bits per heavy atom. The van der Waals surface area contributed by atoms with E-state index < -0.39 is 28.1 Å². The van der Waals surface area contributed by atoms with Crippen molar-refractivity contribution in [2.45, 2.75) is 33.4 Å². The van der Waals surface area contributed by atoms with Crippen LogP contribution >= 0.6 is 0 Å². The van der Waals surface area contributed by atoms with Crippen molar-refractivity contribution in [2.75, 3.05) is 0 Å². The fraction of sp³-hybridized carbons (Fsp3) is 0.462. The lowest BCUT2D eigenvalue weighted by molar-refractivity contribution is -0.386. The van der Waals surface area contributed by atoms with Gasteiger partial charge >= 0.3 is 11.2 Å². The predicted octanol–water partition coefficient (Wildman–Crippen LogP) is 0.486. The summed E-state index contributed by atoms with van der Waals surface area (Å²) < 4.78 is 0.936. The molecular weight excluding hydrogens is 278 g/mol. The molecule has 1 unspecified atom stereocenters. The van der Waals surface area contributed by atoms with Crippen molar-refractivity contribution in [3.8, 4) is 0 Å². The average molecular weight is 295 g/mol. The van der Waals surface area contributed by atoms with Crippen LogP contribution < -0.4 is 10.9 Å². The molecule has 21 heavy (non-hydrogen) atoms. The summed E-state index contributed by atoms with van der Waals surface area (Å²) in [7, 11) is 0. The van der Waals surface area contributed by atoms with Crippen molar-refractivity contribution in [1.29, 1.82) is 0 Å². The topological polar surface area (TPSA) is 111 Å². The largest absolute Gasteiger partial charge is 0.344 e. The normalized spacial score (nSPS) is 12.0. The van der Waals surface area contributed by atoms with Gasteiger partial charge in [-0.15, -0.1) is 0 Å². The molecule has 1 aromatic heterocycles. The van der Waals surface area contributed by atoms with Crippen LogP contribution in [-0.2, 0) is 16.1 Å². The van der Waals surface area contributed by atoms with Gasteiger partial charge in [-0.25, -0.2) is 0 Å². The van der Waals surface area contributed by atoms with Crippen molar-refractivity contribution in [3.63, 3.8) is 0 Å². The fourth-order valence-corrected chi connectivity index (χ4v) is 1.90. The lowest BCUT2D eigenvalue weighted by Crippen LogP contribution is -2.45. The summed E-state index contributed by atoms with van der Waals surface area (Å²) in [5.74, 6) is -0.829. The van der Waals surface area contributed by atoms with Crippen molar-refractivity contribution >= 4 is 17.4 Å². The van der Waals surface area contributed by atoms with Crippen LogP contribution in [0.2, 0.25) is 0 Å². The number of nitrogens with one attached hydrogen (secondary N) is 1. The van der Waals surface area contributed by atoms with Crippen LogP contribution in [0, 0.1) is 16.0 Å². The van der Waals surface area contributed by atoms with E-state index in [1.54, 1.807) is 13.8 Å². The third-order valence-corrected chi connectivity index (χ3v) is 2.93. The Kier molecular flexibility index (Phi) is 5.34. The van der Waals surface area contributed by atoms with Gasteiger partial charge in [0.1, 0.15) is 6.54 Å². The average Bonchev–Trinajstić information content (AvgIpc) is 2.37. The van der Waals surface area contributed by atoms with Crippen molar-refractivity contribution in [2.24, 2.45) is 5.92 Å². The van der Waals surface area contributed by atoms with E-state index >= 15 is 0 Å². The van der Waals surface area contributed by atoms with Gasteiger partial charge in [-0.1, -0.05) is 13.8 Å². The fourth-order valence-electron chi connectivity index (χ4n) is 1.90. The van der Waals surface area contributed by atoms with Gasteiger partial charge in [0.25, 0.3) is 0 Å². The number of aromatic nitrogens is 1. The molecule has 0 aliphatic rings. The van der Waals surface area contributed by atoms with Crippen LogP contribution in [0.3, 0.4) is 0 Å². The highest BCUT2D eigenvalue weighted by Gasteiger charge is 2.21. The lowest BCUT2D eigenvalue weighted by Gasteiger charge is -2.19. The Labute approximate surface area is 120 Å². The third kappa shape index (κ3) is 4.23. The number of carbonyl (C=O) groups is 2. The quantitative estimate of drug-likeness (QED) is 0.606. The molecule has 1 aromatic rings. The van der Waals surface area contributed by atoms with E-state index in [4.69, 9.17) is 0 Å². The Hall–Kier alpha value is -2.51. The molecule has 1 N–H and O–H groups in total. The van der Waals surface area contributed by atoms with Gasteiger partial charge in [-0.05, 0) is 18.9 Å². The van der Waals surface area contributed by atoms with Crippen molar-refractivity contribution in [1.82, 2.24) is 9.88 Å². The first-order chi connectivity index (χ1) is 9.73. The molecule has 0 aliphatic carbocycles. The molecule has 0 radical (unpaired) electrons. The molecular formula is C13H17N3O5. The van der Waals surface area contributed by atoms with E-state index in [1.165, 1.54) is 19.2 Å². The van der Waals surface area contributed by atoms with Gasteiger partial charge in [-0.2, -0.15) is 0 Å². The number of nitrogens with zero attached hydrogens (tertiary/aromatic N) is 2. The standard InChI is InChI=1S/C13H17N3O5/c1-8(2)12(9(3)17)14-11(18)7-15-6-4-5-10(13(15)19)16(20)21/h4-6,8,12H,7H2,1-3H3,(H,14,18). The highest BCUT2D eigenvalue weighted by Crippen LogP contribution is 2.04. The van der Waals surface area contributed by atoms with Gasteiger partial charge in [0, 0.05) is 12.3 Å². The number of ketones is 1. The summed E-state index contributed by atoms with van der Waals surface area (Å²) in [4.78, 5) is 44.9. The second kappa shape index (κ2) is 6.78. The molecule has 8 nitrogen and oxygen atoms in total. The van der Waals surface area contributed by atoms with Crippen LogP contribution in [-0.4, -0.2) is 27.2 Å². The monoisotopic (exact) mass is 295 g/mol. The summed E-state index contributed by atoms with van der Waals surface area (Å²) in [6.07, 6.45) is 1.28. The molecule has 1 heterocycles. The first-order valence-corrected chi connectivity index (χ1v) is 6.37. The van der Waals surface area contributed by atoms with Gasteiger partial charge in [-0.3, -0.25) is 24.5 Å². The number of hydrogen-bond acceptors (Lipinski definition) is 5. The number of rotatable bonds is 6. The number of amides is 1. The number of pyridine rings is 1. The Morgan fingerprint density at radius 3 is 2.52 bits per heavy atom. The van der Waals surface area contributed by atoms with E-state index in [9.17, 15) is 24.5 Å². The SMILES string of the molecule is CC(=O)C(NC(=O)Cn1cccc([N+](=O)[O-])c1=O)C(C)C. The van der Waals surface area contributed by atoms with Gasteiger partial charge in [0.05, 0.1) is 11.0 Å². The Bertz CT molecular complexity index is 620. The van der Waals surface area contributed by atoms with Crippen LogP contribution in [0.1, 0.15) is 20.8 Å². The number of hydrogen-bond donors (Lipinski definition) is 1. The van der Waals surface area contributed by atoms with Crippen LogP contribution in [0.15, 0.2) is 23.1 Å². The molecule has 0 spiro atoms. The second-order valence-corrected chi connectivity index (χ2v) is 4.98. The minimum Gasteiger partial charge on any atom is -0.344 e. The molecule has 0 aliphatic heterocycles. The zero-order valence-corrected chi connectivity index (χ0v) is 12.0. The van der Waals surface area contributed by atoms with Gasteiger partial charge in [0.2, 0.25) is 5.91 Å². The van der Waals surface area contributed by atoms with E-state index in [1.807, 2.05) is 0 Å². The molecule has 114 valence electrons. The first kappa shape index (κ1) is 16.5. The van der Waals surface area contributed by atoms with E-state index in [0.717, 1.165) is 10.6 Å². The predicted molar refractivity (Wildman–Crippen MR) is 74.8 cm³/mol. The summed E-state index contributed by atoms with van der Waals surface area (Å²) >= 11 is 0. The third-order valence-electron chi connectivity index (χ3n) is 2.93. The van der Waals surface area contributed by atoms with Crippen molar-refractivity contribution in [3.05, 3.63) is 38.8 Å². The smallest absolute Gasteiger partial charge is 0.334 e. The second-order valence-electron chi connectivity index (χ2n) is 4.98. The Morgan fingerprint density at radius 2 is 2.05 bits per heavy atom. The minimum absolute atomic E-state index is 0.0896. The summed E-state index contributed by atoms with van der Waals surface area (Å²) in [6, 6.07) is 1.74. The highest BCUT2D eigenvalue weighted by atomic mass is 16.6. The highest BCUT2D eigenvalue weighted by molar-refractivity contribution is 5.87. The molecule has 0 saturated heterocycles. The van der Waals surface area contributed by atoms with Crippen LogP contribution in [0.25, 0.3) is 0 Å². The minimum atomic E-state index is -0.860. The summed E-state index contributed by atoms with van der Waals surface area (Å²) in [6.45, 7) is 4.55. The zero-order valence-electron chi connectivity index (χ0n) is 12.0. The molecule has 1 amide bonds. The van der Waals surface area contributed by atoms with Crippen molar-refractivity contribution < 1.29 is 14.5 Å². The molecule has 0 saturated carbocycles. The molecule has 8 heteroatoms.